The fourth-order valence-corrected chi connectivity index (χ4v) is 4.08. The molecule has 0 aromatic rings. The lowest BCUT2D eigenvalue weighted by Gasteiger charge is -2.44. The van der Waals surface area contributed by atoms with Crippen molar-refractivity contribution in [2.45, 2.75) is 63.6 Å². The number of rotatable bonds is 4. The first-order valence-electron chi connectivity index (χ1n) is 6.83. The number of thioether (sulfide) groups is 1. The third kappa shape index (κ3) is 3.20. The first-order valence-corrected chi connectivity index (χ1v) is 7.88. The number of aliphatic hydroxyl groups is 1. The van der Waals surface area contributed by atoms with E-state index in [1.165, 1.54) is 0 Å². The highest BCUT2D eigenvalue weighted by atomic mass is 32.2. The van der Waals surface area contributed by atoms with Gasteiger partial charge in [0.1, 0.15) is 12.2 Å². The first kappa shape index (κ1) is 14.6. The highest BCUT2D eigenvalue weighted by Gasteiger charge is 2.47. The third-order valence-corrected chi connectivity index (χ3v) is 4.62. The van der Waals surface area contributed by atoms with Crippen LogP contribution in [0.3, 0.4) is 0 Å². The van der Waals surface area contributed by atoms with Crippen molar-refractivity contribution < 1.29 is 14.6 Å². The van der Waals surface area contributed by atoms with Crippen molar-refractivity contribution in [1.29, 1.82) is 0 Å². The van der Waals surface area contributed by atoms with E-state index in [-0.39, 0.29) is 24.4 Å². The molecule has 106 valence electrons. The van der Waals surface area contributed by atoms with E-state index >= 15 is 0 Å². The molecule has 0 aromatic carbocycles. The summed E-state index contributed by atoms with van der Waals surface area (Å²) in [5.74, 6) is 1.11. The fourth-order valence-electron chi connectivity index (χ4n) is 2.69. The van der Waals surface area contributed by atoms with Crippen molar-refractivity contribution in [1.82, 2.24) is 4.90 Å². The molecule has 0 unspecified atom stereocenters. The highest BCUT2D eigenvalue weighted by molar-refractivity contribution is 8.00. The molecule has 2 aliphatic rings. The van der Waals surface area contributed by atoms with Gasteiger partial charge >= 0.3 is 0 Å². The van der Waals surface area contributed by atoms with Crippen LogP contribution in [-0.4, -0.2) is 64.7 Å². The SMILES string of the molecule is CC(C)O[C@@H]1[C@H](OC(C)C)[C@H](O)CN2CCS[C@@H]12. The van der Waals surface area contributed by atoms with Gasteiger partial charge in [0.25, 0.3) is 0 Å². The van der Waals surface area contributed by atoms with Crippen molar-refractivity contribution >= 4 is 11.8 Å². The van der Waals surface area contributed by atoms with Crippen molar-refractivity contribution in [2.24, 2.45) is 0 Å². The molecule has 0 saturated carbocycles. The molecule has 4 atom stereocenters. The van der Waals surface area contributed by atoms with Crippen LogP contribution in [0.2, 0.25) is 0 Å². The predicted octanol–water partition coefficient (Wildman–Crippen LogP) is 1.32. The smallest absolute Gasteiger partial charge is 0.113 e. The molecule has 0 spiro atoms. The van der Waals surface area contributed by atoms with Gasteiger partial charge in [0.05, 0.1) is 23.7 Å². The lowest BCUT2D eigenvalue weighted by atomic mass is 10.0. The van der Waals surface area contributed by atoms with Crippen LogP contribution in [0, 0.1) is 0 Å². The minimum atomic E-state index is -0.453. The second kappa shape index (κ2) is 6.09. The molecule has 0 aromatic heterocycles. The van der Waals surface area contributed by atoms with Gasteiger partial charge in [0, 0.05) is 18.8 Å². The largest absolute Gasteiger partial charge is 0.389 e. The van der Waals surface area contributed by atoms with Crippen LogP contribution >= 0.6 is 11.8 Å². The number of hydrogen-bond acceptors (Lipinski definition) is 5. The van der Waals surface area contributed by atoms with Gasteiger partial charge in [-0.2, -0.15) is 0 Å². The fraction of sp³-hybridized carbons (Fsp3) is 1.00. The van der Waals surface area contributed by atoms with Gasteiger partial charge in [-0.05, 0) is 27.7 Å². The van der Waals surface area contributed by atoms with Gasteiger partial charge in [-0.3, -0.25) is 4.90 Å². The topological polar surface area (TPSA) is 41.9 Å². The molecule has 4 nitrogen and oxygen atoms in total. The molecule has 18 heavy (non-hydrogen) atoms. The molecule has 2 saturated heterocycles. The van der Waals surface area contributed by atoms with Gasteiger partial charge < -0.3 is 14.6 Å². The zero-order valence-corrected chi connectivity index (χ0v) is 12.5. The maximum Gasteiger partial charge on any atom is 0.113 e. The summed E-state index contributed by atoms with van der Waals surface area (Å²) in [6.07, 6.45) is -0.434. The van der Waals surface area contributed by atoms with E-state index in [1.54, 1.807) is 0 Å². The molecule has 0 amide bonds. The molecule has 0 radical (unpaired) electrons. The van der Waals surface area contributed by atoms with E-state index < -0.39 is 6.10 Å². The Morgan fingerprint density at radius 2 is 1.72 bits per heavy atom. The molecule has 0 bridgehead atoms. The molecular weight excluding hydrogens is 250 g/mol. The molecule has 2 rings (SSSR count). The second-order valence-electron chi connectivity index (χ2n) is 5.62. The lowest BCUT2D eigenvalue weighted by Crippen LogP contribution is -2.60. The molecule has 0 aliphatic carbocycles. The van der Waals surface area contributed by atoms with Crippen molar-refractivity contribution in [3.8, 4) is 0 Å². The molecule has 2 fully saturated rings. The average Bonchev–Trinajstić information content (AvgIpc) is 2.69. The van der Waals surface area contributed by atoms with Crippen molar-refractivity contribution in [3.63, 3.8) is 0 Å². The Bertz CT molecular complexity index is 275. The molecule has 5 heteroatoms. The maximum absolute atomic E-state index is 10.3. The maximum atomic E-state index is 10.3. The Hall–Kier alpha value is 0.190. The van der Waals surface area contributed by atoms with E-state index in [0.717, 1.165) is 12.3 Å². The van der Waals surface area contributed by atoms with Crippen LogP contribution in [0.1, 0.15) is 27.7 Å². The number of aliphatic hydroxyl groups excluding tert-OH is 1. The van der Waals surface area contributed by atoms with Gasteiger partial charge in [-0.25, -0.2) is 0 Å². The van der Waals surface area contributed by atoms with Crippen LogP contribution in [0.25, 0.3) is 0 Å². The van der Waals surface area contributed by atoms with E-state index in [2.05, 4.69) is 4.90 Å². The summed E-state index contributed by atoms with van der Waals surface area (Å²) in [6, 6.07) is 0. The van der Waals surface area contributed by atoms with E-state index in [0.29, 0.717) is 11.9 Å². The zero-order valence-electron chi connectivity index (χ0n) is 11.7. The molecule has 1 N–H and O–H groups in total. The summed E-state index contributed by atoms with van der Waals surface area (Å²) in [7, 11) is 0. The van der Waals surface area contributed by atoms with E-state index in [1.807, 2.05) is 39.5 Å². The van der Waals surface area contributed by atoms with Crippen LogP contribution < -0.4 is 0 Å². The molecular formula is C13H25NO3S. The Morgan fingerprint density at radius 3 is 2.33 bits per heavy atom. The number of ether oxygens (including phenoxy) is 2. The van der Waals surface area contributed by atoms with Crippen LogP contribution in [0.4, 0.5) is 0 Å². The Labute approximate surface area is 114 Å². The second-order valence-corrected chi connectivity index (χ2v) is 6.85. The average molecular weight is 275 g/mol. The minimum absolute atomic E-state index is 0.0383. The molecule has 2 aliphatic heterocycles. The van der Waals surface area contributed by atoms with Gasteiger partial charge in [0.2, 0.25) is 0 Å². The number of fused-ring (bicyclic) bond motifs is 1. The zero-order chi connectivity index (χ0) is 13.3. The predicted molar refractivity (Wildman–Crippen MR) is 73.8 cm³/mol. The van der Waals surface area contributed by atoms with Crippen LogP contribution in [0.5, 0.6) is 0 Å². The summed E-state index contributed by atoms with van der Waals surface area (Å²) < 4.78 is 12.0. The third-order valence-electron chi connectivity index (χ3n) is 3.29. The Kier molecular flexibility index (Phi) is 4.94. The first-order chi connectivity index (χ1) is 8.49. The number of nitrogens with zero attached hydrogens (tertiary/aromatic N) is 1. The summed E-state index contributed by atoms with van der Waals surface area (Å²) in [5, 5.41) is 10.6. The van der Waals surface area contributed by atoms with Crippen LogP contribution in [-0.2, 0) is 9.47 Å². The van der Waals surface area contributed by atoms with Gasteiger partial charge in [-0.15, -0.1) is 11.8 Å². The quantitative estimate of drug-likeness (QED) is 0.838. The Balaban J connectivity index is 2.12. The number of piperidine rings is 1. The minimum Gasteiger partial charge on any atom is -0.389 e. The van der Waals surface area contributed by atoms with Gasteiger partial charge in [-0.1, -0.05) is 0 Å². The number of hydrogen-bond donors (Lipinski definition) is 1. The lowest BCUT2D eigenvalue weighted by molar-refractivity contribution is -0.184. The summed E-state index contributed by atoms with van der Waals surface area (Å²) in [6.45, 7) is 9.83. The normalized spacial score (nSPS) is 37.5. The van der Waals surface area contributed by atoms with Crippen molar-refractivity contribution in [2.75, 3.05) is 18.8 Å². The molecule has 2 heterocycles. The Morgan fingerprint density at radius 1 is 1.11 bits per heavy atom. The van der Waals surface area contributed by atoms with Gasteiger partial charge in [0.15, 0.2) is 0 Å². The van der Waals surface area contributed by atoms with Crippen molar-refractivity contribution in [3.05, 3.63) is 0 Å². The summed E-state index contributed by atoms with van der Waals surface area (Å²) >= 11 is 1.92. The van der Waals surface area contributed by atoms with E-state index in [9.17, 15) is 5.11 Å². The summed E-state index contributed by atoms with van der Waals surface area (Å²) in [4.78, 5) is 2.32. The highest BCUT2D eigenvalue weighted by Crippen LogP contribution is 2.36. The summed E-state index contributed by atoms with van der Waals surface area (Å²) in [5.41, 5.74) is 0. The van der Waals surface area contributed by atoms with Crippen LogP contribution in [0.15, 0.2) is 0 Å². The monoisotopic (exact) mass is 275 g/mol. The van der Waals surface area contributed by atoms with E-state index in [4.69, 9.17) is 9.47 Å². The standard InChI is InChI=1S/C13H25NO3S/c1-8(2)16-11-10(15)7-14-5-6-18-13(14)12(11)17-9(3)4/h8-13,15H,5-7H2,1-4H3/t10-,11-,12-,13+/m1/s1.